The maximum Gasteiger partial charge on any atom is 0.274 e. The minimum absolute atomic E-state index is 0.259. The SMILES string of the molecule is COc1ccc(C2=NN(C(=O)c3ccc(F)cc3)C(C)(C)C2)cc1OC. The van der Waals surface area contributed by atoms with Crippen LogP contribution < -0.4 is 9.47 Å². The molecule has 0 unspecified atom stereocenters. The lowest BCUT2D eigenvalue weighted by Gasteiger charge is -2.28. The first-order chi connectivity index (χ1) is 12.4. The fourth-order valence-corrected chi connectivity index (χ4v) is 2.99. The fourth-order valence-electron chi connectivity index (χ4n) is 2.99. The molecule has 0 bridgehead atoms. The predicted octanol–water partition coefficient (Wildman–Crippen LogP) is 3.87. The first-order valence-electron chi connectivity index (χ1n) is 8.26. The van der Waals surface area contributed by atoms with Crippen molar-refractivity contribution in [1.82, 2.24) is 5.01 Å². The Morgan fingerprint density at radius 2 is 1.73 bits per heavy atom. The molecule has 2 aromatic rings. The normalized spacial score (nSPS) is 15.6. The smallest absolute Gasteiger partial charge is 0.274 e. The quantitative estimate of drug-likeness (QED) is 0.836. The zero-order valence-corrected chi connectivity index (χ0v) is 15.2. The highest BCUT2D eigenvalue weighted by molar-refractivity contribution is 6.05. The van der Waals surface area contributed by atoms with Crippen molar-refractivity contribution >= 4 is 11.6 Å². The lowest BCUT2D eigenvalue weighted by Crippen LogP contribution is -2.40. The number of carbonyl (C=O) groups is 1. The summed E-state index contributed by atoms with van der Waals surface area (Å²) < 4.78 is 23.7. The van der Waals surface area contributed by atoms with Crippen molar-refractivity contribution in [2.24, 2.45) is 5.10 Å². The maximum atomic E-state index is 13.1. The molecular formula is C20H21FN2O3. The van der Waals surface area contributed by atoms with Gasteiger partial charge in [0.15, 0.2) is 11.5 Å². The molecule has 3 rings (SSSR count). The molecule has 0 radical (unpaired) electrons. The van der Waals surface area contributed by atoms with Crippen LogP contribution in [-0.2, 0) is 0 Å². The minimum Gasteiger partial charge on any atom is -0.493 e. The number of ether oxygens (including phenoxy) is 2. The van der Waals surface area contributed by atoms with Gasteiger partial charge in [-0.2, -0.15) is 5.10 Å². The van der Waals surface area contributed by atoms with Crippen LogP contribution >= 0.6 is 0 Å². The molecule has 0 aliphatic carbocycles. The number of hydrogen-bond acceptors (Lipinski definition) is 4. The van der Waals surface area contributed by atoms with Crippen LogP contribution in [0.3, 0.4) is 0 Å². The maximum absolute atomic E-state index is 13.1. The summed E-state index contributed by atoms with van der Waals surface area (Å²) in [5, 5.41) is 6.02. The zero-order valence-electron chi connectivity index (χ0n) is 15.2. The molecule has 0 aromatic heterocycles. The second-order valence-corrected chi connectivity index (χ2v) is 6.73. The molecule has 0 spiro atoms. The van der Waals surface area contributed by atoms with Crippen molar-refractivity contribution in [3.05, 3.63) is 59.4 Å². The van der Waals surface area contributed by atoms with Crippen LogP contribution in [0.15, 0.2) is 47.6 Å². The number of nitrogens with zero attached hydrogens (tertiary/aromatic N) is 2. The molecular weight excluding hydrogens is 335 g/mol. The van der Waals surface area contributed by atoms with E-state index in [2.05, 4.69) is 5.10 Å². The number of halogens is 1. The molecule has 136 valence electrons. The fraction of sp³-hybridized carbons (Fsp3) is 0.300. The summed E-state index contributed by atoms with van der Waals surface area (Å²) in [6.45, 7) is 3.90. The standard InChI is InChI=1S/C20H21FN2O3/c1-20(2)12-16(14-7-10-17(25-3)18(11-14)26-4)22-23(20)19(24)13-5-8-15(21)9-6-13/h5-11H,12H2,1-4H3. The van der Waals surface area contributed by atoms with Gasteiger partial charge in [-0.25, -0.2) is 9.40 Å². The van der Waals surface area contributed by atoms with E-state index in [1.165, 1.54) is 29.3 Å². The van der Waals surface area contributed by atoms with E-state index < -0.39 is 5.54 Å². The van der Waals surface area contributed by atoms with Gasteiger partial charge in [-0.1, -0.05) is 0 Å². The van der Waals surface area contributed by atoms with Crippen LogP contribution in [-0.4, -0.2) is 36.4 Å². The molecule has 2 aromatic carbocycles. The second-order valence-electron chi connectivity index (χ2n) is 6.73. The van der Waals surface area contributed by atoms with Gasteiger partial charge in [0.05, 0.1) is 25.5 Å². The van der Waals surface area contributed by atoms with E-state index in [1.807, 2.05) is 32.0 Å². The number of rotatable bonds is 4. The van der Waals surface area contributed by atoms with Gasteiger partial charge in [-0.3, -0.25) is 4.79 Å². The third-order valence-electron chi connectivity index (χ3n) is 4.39. The van der Waals surface area contributed by atoms with Crippen molar-refractivity contribution in [3.63, 3.8) is 0 Å². The minimum atomic E-state index is -0.492. The van der Waals surface area contributed by atoms with Gasteiger partial charge in [0.1, 0.15) is 5.82 Å². The molecule has 5 nitrogen and oxygen atoms in total. The lowest BCUT2D eigenvalue weighted by molar-refractivity contribution is 0.0612. The number of carbonyl (C=O) groups excluding carboxylic acids is 1. The van der Waals surface area contributed by atoms with Crippen molar-refractivity contribution in [3.8, 4) is 11.5 Å². The molecule has 0 atom stereocenters. The van der Waals surface area contributed by atoms with Crippen LogP contribution in [0, 0.1) is 5.82 Å². The van der Waals surface area contributed by atoms with E-state index in [9.17, 15) is 9.18 Å². The molecule has 1 heterocycles. The van der Waals surface area contributed by atoms with Gasteiger partial charge in [0.2, 0.25) is 0 Å². The number of hydrogen-bond donors (Lipinski definition) is 0. The summed E-state index contributed by atoms with van der Waals surface area (Å²) in [5.41, 5.74) is 1.56. The zero-order chi connectivity index (χ0) is 18.9. The van der Waals surface area contributed by atoms with Gasteiger partial charge in [-0.15, -0.1) is 0 Å². The van der Waals surface area contributed by atoms with Gasteiger partial charge in [-0.05, 0) is 56.3 Å². The number of methoxy groups -OCH3 is 2. The number of hydrazone groups is 1. The summed E-state index contributed by atoms with van der Waals surface area (Å²) in [6, 6.07) is 11.0. The Labute approximate surface area is 152 Å². The average molecular weight is 356 g/mol. The van der Waals surface area contributed by atoms with Gasteiger partial charge in [0.25, 0.3) is 5.91 Å². The van der Waals surface area contributed by atoms with Crippen LogP contribution in [0.25, 0.3) is 0 Å². The van der Waals surface area contributed by atoms with Crippen LogP contribution in [0.1, 0.15) is 36.2 Å². The summed E-state index contributed by atoms with van der Waals surface area (Å²) in [4.78, 5) is 12.8. The number of benzene rings is 2. The number of amides is 1. The highest BCUT2D eigenvalue weighted by atomic mass is 19.1. The Kier molecular flexibility index (Phi) is 4.68. The Bertz CT molecular complexity index is 860. The van der Waals surface area contributed by atoms with Crippen molar-refractivity contribution in [1.29, 1.82) is 0 Å². The molecule has 6 heteroatoms. The first-order valence-corrected chi connectivity index (χ1v) is 8.26. The van der Waals surface area contributed by atoms with E-state index in [-0.39, 0.29) is 11.7 Å². The van der Waals surface area contributed by atoms with E-state index >= 15 is 0 Å². The Morgan fingerprint density at radius 3 is 2.35 bits per heavy atom. The summed E-state index contributed by atoms with van der Waals surface area (Å²) in [7, 11) is 3.16. The summed E-state index contributed by atoms with van der Waals surface area (Å²) in [6.07, 6.45) is 0.593. The van der Waals surface area contributed by atoms with E-state index in [0.29, 0.717) is 23.5 Å². The van der Waals surface area contributed by atoms with Crippen molar-refractivity contribution in [2.75, 3.05) is 14.2 Å². The molecule has 1 aliphatic heterocycles. The molecule has 26 heavy (non-hydrogen) atoms. The summed E-state index contributed by atoms with van der Waals surface area (Å²) >= 11 is 0. The van der Waals surface area contributed by atoms with E-state index in [0.717, 1.165) is 11.3 Å². The molecule has 1 amide bonds. The molecule has 1 aliphatic rings. The lowest BCUT2D eigenvalue weighted by atomic mass is 9.94. The van der Waals surface area contributed by atoms with Gasteiger partial charge < -0.3 is 9.47 Å². The van der Waals surface area contributed by atoms with Crippen LogP contribution in [0.4, 0.5) is 4.39 Å². The van der Waals surface area contributed by atoms with Crippen LogP contribution in [0.5, 0.6) is 11.5 Å². The third kappa shape index (κ3) is 3.27. The van der Waals surface area contributed by atoms with Crippen molar-refractivity contribution < 1.29 is 18.7 Å². The Hall–Kier alpha value is -2.89. The highest BCUT2D eigenvalue weighted by Crippen LogP contribution is 2.34. The van der Waals surface area contributed by atoms with Crippen molar-refractivity contribution in [2.45, 2.75) is 25.8 Å². The molecule has 0 saturated heterocycles. The van der Waals surface area contributed by atoms with Crippen LogP contribution in [0.2, 0.25) is 0 Å². The molecule has 0 N–H and O–H groups in total. The summed E-state index contributed by atoms with van der Waals surface area (Å²) in [5.74, 6) is 0.601. The van der Waals surface area contributed by atoms with Gasteiger partial charge in [0, 0.05) is 17.5 Å². The second kappa shape index (κ2) is 6.78. The average Bonchev–Trinajstić information content (AvgIpc) is 2.96. The highest BCUT2D eigenvalue weighted by Gasteiger charge is 2.39. The third-order valence-corrected chi connectivity index (χ3v) is 4.39. The Morgan fingerprint density at radius 1 is 1.08 bits per heavy atom. The predicted molar refractivity (Wildman–Crippen MR) is 97.3 cm³/mol. The van der Waals surface area contributed by atoms with E-state index in [4.69, 9.17) is 9.47 Å². The largest absolute Gasteiger partial charge is 0.493 e. The first kappa shape index (κ1) is 17.9. The van der Waals surface area contributed by atoms with E-state index in [1.54, 1.807) is 14.2 Å². The topological polar surface area (TPSA) is 51.1 Å². The van der Waals surface area contributed by atoms with Gasteiger partial charge >= 0.3 is 0 Å². The molecule has 0 fully saturated rings. The monoisotopic (exact) mass is 356 g/mol. The Balaban J connectivity index is 1.94. The molecule has 0 saturated carbocycles.